The first-order valence-corrected chi connectivity index (χ1v) is 18.8. The van der Waals surface area contributed by atoms with E-state index in [2.05, 4.69) is 63.8 Å². The summed E-state index contributed by atoms with van der Waals surface area (Å²) < 4.78 is 4.82. The fourth-order valence-electron chi connectivity index (χ4n) is 7.80. The Morgan fingerprint density at radius 3 is 1.73 bits per heavy atom. The fourth-order valence-corrected chi connectivity index (χ4v) is 7.80. The summed E-state index contributed by atoms with van der Waals surface area (Å²) in [5, 5.41) is 2.72. The first-order valence-electron chi connectivity index (χ1n) is 18.8. The molecule has 6 aromatic rings. The van der Waals surface area contributed by atoms with E-state index in [4.69, 9.17) is 14.7 Å². The lowest BCUT2D eigenvalue weighted by Gasteiger charge is -2.28. The van der Waals surface area contributed by atoms with Crippen LogP contribution in [0.3, 0.4) is 0 Å². The zero-order valence-corrected chi connectivity index (χ0v) is 30.7. The van der Waals surface area contributed by atoms with Gasteiger partial charge in [0, 0.05) is 13.1 Å². The Labute approximate surface area is 319 Å². The molecule has 0 radical (unpaired) electrons. The van der Waals surface area contributed by atoms with Gasteiger partial charge in [0.2, 0.25) is 5.91 Å². The second-order valence-corrected chi connectivity index (χ2v) is 14.1. The number of aromatic nitrogens is 4. The van der Waals surface area contributed by atoms with Crippen LogP contribution in [0.25, 0.3) is 33.6 Å². The van der Waals surface area contributed by atoms with Crippen molar-refractivity contribution in [2.45, 2.75) is 50.2 Å². The number of methoxy groups -OCH3 is 1. The number of amides is 3. The number of aromatic amines is 2. The van der Waals surface area contributed by atoms with Crippen LogP contribution >= 0.6 is 0 Å². The highest BCUT2D eigenvalue weighted by Gasteiger charge is 2.37. The molecule has 278 valence electrons. The van der Waals surface area contributed by atoms with Crippen molar-refractivity contribution in [3.63, 3.8) is 0 Å². The normalized spacial score (nSPS) is 17.3. The Bertz CT molecular complexity index is 2250. The van der Waals surface area contributed by atoms with Gasteiger partial charge in [0.15, 0.2) is 0 Å². The van der Waals surface area contributed by atoms with Crippen LogP contribution in [-0.4, -0.2) is 67.8 Å². The Morgan fingerprint density at radius 2 is 1.18 bits per heavy atom. The minimum Gasteiger partial charge on any atom is -0.453 e. The van der Waals surface area contributed by atoms with E-state index in [-0.39, 0.29) is 23.9 Å². The molecule has 4 heterocycles. The van der Waals surface area contributed by atoms with Crippen LogP contribution in [0, 0.1) is 0 Å². The summed E-state index contributed by atoms with van der Waals surface area (Å²) in [6, 6.07) is 34.6. The summed E-state index contributed by atoms with van der Waals surface area (Å²) in [6.45, 7) is 1.31. The van der Waals surface area contributed by atoms with E-state index < -0.39 is 12.1 Å². The van der Waals surface area contributed by atoms with Crippen LogP contribution in [0.2, 0.25) is 0 Å². The minimum atomic E-state index is -0.868. The average molecular weight is 734 g/mol. The van der Waals surface area contributed by atoms with Crippen LogP contribution in [0.5, 0.6) is 0 Å². The quantitative estimate of drug-likeness (QED) is 0.132. The molecule has 0 bridgehead atoms. The van der Waals surface area contributed by atoms with Crippen molar-refractivity contribution in [3.8, 4) is 33.6 Å². The molecular formula is C44H43N7O4. The molecule has 2 unspecified atom stereocenters. The molecule has 2 fully saturated rings. The monoisotopic (exact) mass is 733 g/mol. The molecule has 55 heavy (non-hydrogen) atoms. The van der Waals surface area contributed by atoms with Crippen molar-refractivity contribution >= 4 is 17.9 Å². The number of benzene rings is 4. The van der Waals surface area contributed by atoms with E-state index in [1.54, 1.807) is 4.90 Å². The molecule has 0 aliphatic carbocycles. The highest BCUT2D eigenvalue weighted by Crippen LogP contribution is 2.35. The van der Waals surface area contributed by atoms with Gasteiger partial charge in [0.1, 0.15) is 17.7 Å². The van der Waals surface area contributed by atoms with Gasteiger partial charge in [-0.05, 0) is 59.1 Å². The number of likely N-dealkylation sites (tertiary alicyclic amines) is 2. The van der Waals surface area contributed by atoms with Crippen LogP contribution in [0.4, 0.5) is 4.79 Å². The number of imidazole rings is 2. The van der Waals surface area contributed by atoms with Gasteiger partial charge in [-0.1, -0.05) is 109 Å². The summed E-state index contributed by atoms with van der Waals surface area (Å²) in [5.41, 5.74) is 7.67. The molecule has 2 aliphatic rings. The molecule has 3 atom stereocenters. The maximum absolute atomic E-state index is 13.9. The van der Waals surface area contributed by atoms with Gasteiger partial charge >= 0.3 is 6.09 Å². The number of hydrogen-bond acceptors (Lipinski definition) is 6. The number of alkyl carbamates (subject to hydrolysis) is 1. The molecular weight excluding hydrogens is 691 g/mol. The number of hydrogen-bond donors (Lipinski definition) is 3. The minimum absolute atomic E-state index is 0.0457. The largest absolute Gasteiger partial charge is 0.453 e. The molecule has 2 saturated heterocycles. The molecule has 3 N–H and O–H groups in total. The second-order valence-electron chi connectivity index (χ2n) is 14.1. The van der Waals surface area contributed by atoms with E-state index >= 15 is 0 Å². The fraction of sp³-hybridized carbons (Fsp3) is 0.250. The van der Waals surface area contributed by atoms with Gasteiger partial charge in [-0.3, -0.25) is 9.59 Å². The van der Waals surface area contributed by atoms with E-state index in [9.17, 15) is 14.4 Å². The van der Waals surface area contributed by atoms with E-state index in [1.165, 1.54) is 7.11 Å². The second kappa shape index (κ2) is 15.9. The summed E-state index contributed by atoms with van der Waals surface area (Å²) in [4.78, 5) is 59.4. The summed E-state index contributed by atoms with van der Waals surface area (Å²) >= 11 is 0. The number of ether oxygens (including phenoxy) is 1. The first-order chi connectivity index (χ1) is 26.9. The SMILES string of the molecule is COC(=O)N[C@@H](C(=O)N1CCCC1c1ncc(-c2ccc(-c3ccc(-c4cnc(C5CCCN5C(=O)Cc5ccccc5)[nH]4)cc3)cc2)[nH]1)c1ccccc1. The number of carbonyl (C=O) groups excluding carboxylic acids is 3. The van der Waals surface area contributed by atoms with Crippen LogP contribution in [-0.2, 0) is 20.7 Å². The van der Waals surface area contributed by atoms with Crippen molar-refractivity contribution in [1.82, 2.24) is 35.1 Å². The number of carbonyl (C=O) groups is 3. The Morgan fingerprint density at radius 1 is 0.691 bits per heavy atom. The third-order valence-corrected chi connectivity index (χ3v) is 10.7. The van der Waals surface area contributed by atoms with Crippen LogP contribution < -0.4 is 5.32 Å². The number of H-pyrrole nitrogens is 2. The molecule has 8 rings (SSSR count). The zero-order valence-electron chi connectivity index (χ0n) is 30.7. The standard InChI is InChI=1S/C44H43N7O4/c1-55-44(54)49-40(34-12-6-3-7-13-34)43(53)51-25-9-15-38(51)42-46-28-36(48-42)33-22-18-31(19-23-33)30-16-20-32(21-17-30)35-27-45-41(47-35)37-14-8-24-50(37)39(52)26-29-10-4-2-5-11-29/h2-7,10-13,16-23,27-28,37-38,40H,8-9,14-15,24-26H2,1H3,(H,45,47)(H,46,48)(H,49,54)/t37?,38?,40-/m1/s1. The van der Waals surface area contributed by atoms with Crippen molar-refractivity contribution in [2.24, 2.45) is 0 Å². The maximum Gasteiger partial charge on any atom is 0.407 e. The Hall–Kier alpha value is -6.49. The highest BCUT2D eigenvalue weighted by molar-refractivity contribution is 5.87. The van der Waals surface area contributed by atoms with E-state index in [0.717, 1.165) is 77.3 Å². The highest BCUT2D eigenvalue weighted by atomic mass is 16.5. The predicted molar refractivity (Wildman–Crippen MR) is 209 cm³/mol. The first kappa shape index (κ1) is 35.5. The summed E-state index contributed by atoms with van der Waals surface area (Å²) in [7, 11) is 1.29. The lowest BCUT2D eigenvalue weighted by atomic mass is 10.0. The zero-order chi connectivity index (χ0) is 37.7. The lowest BCUT2D eigenvalue weighted by Crippen LogP contribution is -2.42. The van der Waals surface area contributed by atoms with Crippen molar-refractivity contribution < 1.29 is 19.1 Å². The average Bonchev–Trinajstić information content (AvgIpc) is 4.08. The number of nitrogens with zero attached hydrogens (tertiary/aromatic N) is 4. The van der Waals surface area contributed by atoms with E-state index in [0.29, 0.717) is 24.4 Å². The molecule has 3 amide bonds. The molecule has 2 aromatic heterocycles. The van der Waals surface area contributed by atoms with Gasteiger partial charge < -0.3 is 29.8 Å². The van der Waals surface area contributed by atoms with Gasteiger partial charge in [0.25, 0.3) is 5.91 Å². The molecule has 2 aliphatic heterocycles. The van der Waals surface area contributed by atoms with Gasteiger partial charge in [-0.15, -0.1) is 0 Å². The van der Waals surface area contributed by atoms with Crippen molar-refractivity contribution in [1.29, 1.82) is 0 Å². The topological polar surface area (TPSA) is 136 Å². The Balaban J connectivity index is 0.921. The predicted octanol–water partition coefficient (Wildman–Crippen LogP) is 7.80. The lowest BCUT2D eigenvalue weighted by molar-refractivity contribution is -0.134. The smallest absolute Gasteiger partial charge is 0.407 e. The summed E-state index contributed by atoms with van der Waals surface area (Å²) in [5.74, 6) is 1.47. The van der Waals surface area contributed by atoms with Gasteiger partial charge in [0.05, 0.1) is 49.4 Å². The van der Waals surface area contributed by atoms with Gasteiger partial charge in [-0.25, -0.2) is 14.8 Å². The van der Waals surface area contributed by atoms with Crippen LogP contribution in [0.1, 0.15) is 66.6 Å². The maximum atomic E-state index is 13.9. The number of nitrogens with one attached hydrogen (secondary N) is 3. The number of rotatable bonds is 10. The van der Waals surface area contributed by atoms with Crippen molar-refractivity contribution in [2.75, 3.05) is 20.2 Å². The summed E-state index contributed by atoms with van der Waals surface area (Å²) in [6.07, 6.45) is 6.85. The molecule has 11 heteroatoms. The third kappa shape index (κ3) is 7.64. The third-order valence-electron chi connectivity index (χ3n) is 10.7. The van der Waals surface area contributed by atoms with E-state index in [1.807, 2.05) is 78.0 Å². The molecule has 11 nitrogen and oxygen atoms in total. The molecule has 0 saturated carbocycles. The van der Waals surface area contributed by atoms with Crippen LogP contribution in [0.15, 0.2) is 122 Å². The molecule has 0 spiro atoms. The molecule has 4 aromatic carbocycles. The Kier molecular flexibility index (Phi) is 10.2. The van der Waals surface area contributed by atoms with Gasteiger partial charge in [-0.2, -0.15) is 0 Å². The van der Waals surface area contributed by atoms with Crippen molar-refractivity contribution in [3.05, 3.63) is 144 Å².